The molecule has 3 heteroatoms. The average Bonchev–Trinajstić information content (AvgIpc) is 2.96. The van der Waals surface area contributed by atoms with Gasteiger partial charge in [-0.25, -0.2) is 4.98 Å². The quantitative estimate of drug-likeness (QED) is 0.708. The van der Waals surface area contributed by atoms with Gasteiger partial charge in [0.25, 0.3) is 0 Å². The zero-order valence-corrected chi connectivity index (χ0v) is 12.1. The van der Waals surface area contributed by atoms with Crippen molar-refractivity contribution in [2.24, 2.45) is 0 Å². The summed E-state index contributed by atoms with van der Waals surface area (Å²) in [7, 11) is 0. The lowest BCUT2D eigenvalue weighted by atomic mass is 10.0. The summed E-state index contributed by atoms with van der Waals surface area (Å²) >= 11 is 0. The van der Waals surface area contributed by atoms with Crippen LogP contribution in [0.4, 0.5) is 0 Å². The van der Waals surface area contributed by atoms with Crippen LogP contribution in [0.3, 0.4) is 0 Å². The van der Waals surface area contributed by atoms with E-state index in [-0.39, 0.29) is 0 Å². The maximum atomic E-state index is 11.6. The number of Topliss-reactive ketones (excluding diaryl/α,β-unsaturated/α-hetero) is 1. The fourth-order valence-electron chi connectivity index (χ4n) is 2.57. The van der Waals surface area contributed by atoms with Gasteiger partial charge in [-0.15, -0.1) is 0 Å². The van der Waals surface area contributed by atoms with Gasteiger partial charge in [-0.3, -0.25) is 4.79 Å². The minimum absolute atomic E-state index is 0.306. The number of para-hydroxylation sites is 1. The number of aromatic nitrogens is 2. The highest BCUT2D eigenvalue weighted by Gasteiger charge is 2.09. The molecule has 106 valence electrons. The number of carbonyl (C=O) groups is 1. The number of pyridine rings is 1. The minimum atomic E-state index is 0.306. The standard InChI is InChI=1S/C18H18N2O/c1-2-16(21)10-9-14-6-3-4-8-17(14)20-13-11-15-7-5-12-19-18(15)20/h3-8,11-13H,2,9-10H2,1H3. The molecule has 0 aliphatic rings. The lowest BCUT2D eigenvalue weighted by Gasteiger charge is -2.11. The first-order valence-electron chi connectivity index (χ1n) is 7.31. The fourth-order valence-corrected chi connectivity index (χ4v) is 2.57. The van der Waals surface area contributed by atoms with Crippen LogP contribution in [0.25, 0.3) is 16.7 Å². The first-order chi connectivity index (χ1) is 10.3. The molecule has 3 aromatic rings. The van der Waals surface area contributed by atoms with Crippen LogP contribution in [0.15, 0.2) is 54.9 Å². The third-order valence-electron chi connectivity index (χ3n) is 3.77. The summed E-state index contributed by atoms with van der Waals surface area (Å²) in [6.07, 6.45) is 5.83. The van der Waals surface area contributed by atoms with Gasteiger partial charge in [0, 0.05) is 30.6 Å². The van der Waals surface area contributed by atoms with Gasteiger partial charge in [-0.1, -0.05) is 25.1 Å². The maximum Gasteiger partial charge on any atom is 0.144 e. The monoisotopic (exact) mass is 278 g/mol. The van der Waals surface area contributed by atoms with Gasteiger partial charge in [0.05, 0.1) is 5.69 Å². The van der Waals surface area contributed by atoms with E-state index in [0.717, 1.165) is 23.1 Å². The molecule has 0 saturated heterocycles. The van der Waals surface area contributed by atoms with Crippen molar-refractivity contribution in [3.05, 3.63) is 60.4 Å². The molecule has 2 aromatic heterocycles. The predicted octanol–water partition coefficient (Wildman–Crippen LogP) is 3.94. The summed E-state index contributed by atoms with van der Waals surface area (Å²) in [6, 6.07) is 14.3. The zero-order valence-electron chi connectivity index (χ0n) is 12.1. The predicted molar refractivity (Wildman–Crippen MR) is 84.7 cm³/mol. The summed E-state index contributed by atoms with van der Waals surface area (Å²) in [5, 5.41) is 1.12. The van der Waals surface area contributed by atoms with Crippen LogP contribution in [0, 0.1) is 0 Å². The molecular weight excluding hydrogens is 260 g/mol. The lowest BCUT2D eigenvalue weighted by molar-refractivity contribution is -0.118. The molecule has 3 rings (SSSR count). The number of hydrogen-bond donors (Lipinski definition) is 0. The Hall–Kier alpha value is -2.42. The van der Waals surface area contributed by atoms with E-state index in [1.807, 2.05) is 37.5 Å². The number of rotatable bonds is 5. The van der Waals surface area contributed by atoms with Gasteiger partial charge in [0.2, 0.25) is 0 Å². The zero-order chi connectivity index (χ0) is 14.7. The number of ketones is 1. The Bertz CT molecular complexity index is 773. The molecule has 0 atom stereocenters. The molecule has 0 unspecified atom stereocenters. The van der Waals surface area contributed by atoms with Crippen molar-refractivity contribution in [2.45, 2.75) is 26.2 Å². The molecule has 0 aliphatic carbocycles. The Labute approximate surface area is 124 Å². The van der Waals surface area contributed by atoms with Crippen LogP contribution in [-0.4, -0.2) is 15.3 Å². The number of hydrogen-bond acceptors (Lipinski definition) is 2. The first-order valence-corrected chi connectivity index (χ1v) is 7.31. The average molecular weight is 278 g/mol. The van der Waals surface area contributed by atoms with Gasteiger partial charge in [-0.2, -0.15) is 0 Å². The van der Waals surface area contributed by atoms with E-state index in [0.29, 0.717) is 18.6 Å². The second kappa shape index (κ2) is 5.92. The molecule has 0 spiro atoms. The molecule has 3 nitrogen and oxygen atoms in total. The van der Waals surface area contributed by atoms with Crippen molar-refractivity contribution in [1.29, 1.82) is 0 Å². The number of nitrogens with zero attached hydrogens (tertiary/aromatic N) is 2. The van der Waals surface area contributed by atoms with Crippen molar-refractivity contribution >= 4 is 16.8 Å². The second-order valence-corrected chi connectivity index (χ2v) is 5.12. The maximum absolute atomic E-state index is 11.6. The third-order valence-corrected chi connectivity index (χ3v) is 3.77. The Balaban J connectivity index is 2.00. The smallest absolute Gasteiger partial charge is 0.144 e. The van der Waals surface area contributed by atoms with Crippen LogP contribution in [0.2, 0.25) is 0 Å². The highest BCUT2D eigenvalue weighted by atomic mass is 16.1. The van der Waals surface area contributed by atoms with E-state index in [9.17, 15) is 4.79 Å². The van der Waals surface area contributed by atoms with Gasteiger partial charge >= 0.3 is 0 Å². The lowest BCUT2D eigenvalue weighted by Crippen LogP contribution is -2.03. The van der Waals surface area contributed by atoms with Crippen molar-refractivity contribution in [2.75, 3.05) is 0 Å². The summed E-state index contributed by atoms with van der Waals surface area (Å²) in [6.45, 7) is 1.91. The number of carbonyl (C=O) groups excluding carboxylic acids is 1. The van der Waals surface area contributed by atoms with Crippen LogP contribution in [0.1, 0.15) is 25.3 Å². The van der Waals surface area contributed by atoms with Crippen LogP contribution >= 0.6 is 0 Å². The topological polar surface area (TPSA) is 34.9 Å². The molecular formula is C18H18N2O. The van der Waals surface area contributed by atoms with E-state index < -0.39 is 0 Å². The Morgan fingerprint density at radius 2 is 2.00 bits per heavy atom. The van der Waals surface area contributed by atoms with Crippen molar-refractivity contribution in [3.63, 3.8) is 0 Å². The fraction of sp³-hybridized carbons (Fsp3) is 0.222. The summed E-state index contributed by atoms with van der Waals surface area (Å²) in [5.41, 5.74) is 3.24. The minimum Gasteiger partial charge on any atom is -0.301 e. The molecule has 0 N–H and O–H groups in total. The molecule has 0 aliphatic heterocycles. The van der Waals surface area contributed by atoms with Crippen LogP contribution < -0.4 is 0 Å². The number of fused-ring (bicyclic) bond motifs is 1. The van der Waals surface area contributed by atoms with Crippen molar-refractivity contribution < 1.29 is 4.79 Å². The van der Waals surface area contributed by atoms with Crippen molar-refractivity contribution in [3.8, 4) is 5.69 Å². The van der Waals surface area contributed by atoms with Crippen LogP contribution in [0.5, 0.6) is 0 Å². The van der Waals surface area contributed by atoms with E-state index in [2.05, 4.69) is 33.8 Å². The molecule has 0 amide bonds. The summed E-state index contributed by atoms with van der Waals surface area (Å²) < 4.78 is 2.10. The molecule has 1 aromatic carbocycles. The Kier molecular flexibility index (Phi) is 3.82. The van der Waals surface area contributed by atoms with Gasteiger partial charge in [0.15, 0.2) is 0 Å². The van der Waals surface area contributed by atoms with E-state index >= 15 is 0 Å². The van der Waals surface area contributed by atoms with E-state index in [1.165, 1.54) is 5.56 Å². The number of aryl methyl sites for hydroxylation is 1. The Morgan fingerprint density at radius 1 is 1.14 bits per heavy atom. The summed E-state index contributed by atoms with van der Waals surface area (Å²) in [4.78, 5) is 16.0. The molecule has 2 heterocycles. The van der Waals surface area contributed by atoms with Gasteiger partial charge < -0.3 is 4.57 Å². The van der Waals surface area contributed by atoms with Crippen LogP contribution in [-0.2, 0) is 11.2 Å². The Morgan fingerprint density at radius 3 is 2.86 bits per heavy atom. The second-order valence-electron chi connectivity index (χ2n) is 5.12. The highest BCUT2D eigenvalue weighted by molar-refractivity contribution is 5.79. The molecule has 0 bridgehead atoms. The molecule has 0 saturated carbocycles. The molecule has 0 fully saturated rings. The molecule has 0 radical (unpaired) electrons. The normalized spacial score (nSPS) is 10.9. The SMILES string of the molecule is CCC(=O)CCc1ccccc1-n1ccc2cccnc21. The first kappa shape index (κ1) is 13.6. The third kappa shape index (κ3) is 2.72. The van der Waals surface area contributed by atoms with Gasteiger partial charge in [-0.05, 0) is 36.2 Å². The molecule has 21 heavy (non-hydrogen) atoms. The van der Waals surface area contributed by atoms with E-state index in [1.54, 1.807) is 0 Å². The summed E-state index contributed by atoms with van der Waals surface area (Å²) in [5.74, 6) is 0.306. The number of benzene rings is 1. The van der Waals surface area contributed by atoms with E-state index in [4.69, 9.17) is 0 Å². The largest absolute Gasteiger partial charge is 0.301 e. The van der Waals surface area contributed by atoms with Crippen molar-refractivity contribution in [1.82, 2.24) is 9.55 Å². The highest BCUT2D eigenvalue weighted by Crippen LogP contribution is 2.22. The van der Waals surface area contributed by atoms with Gasteiger partial charge in [0.1, 0.15) is 11.4 Å².